The van der Waals surface area contributed by atoms with Crippen molar-refractivity contribution in [2.24, 2.45) is 0 Å². The fourth-order valence-electron chi connectivity index (χ4n) is 3.95. The van der Waals surface area contributed by atoms with Gasteiger partial charge in [-0.2, -0.15) is 0 Å². The maximum Gasteiger partial charge on any atom is 0.0836 e. The van der Waals surface area contributed by atoms with Gasteiger partial charge in [0, 0.05) is 19.7 Å². The number of hydrogen-bond donors (Lipinski definition) is 0. The lowest BCUT2D eigenvalue weighted by atomic mass is 10.0. The number of nitrogens with zero attached hydrogens (tertiary/aromatic N) is 1. The van der Waals surface area contributed by atoms with Crippen molar-refractivity contribution in [3.05, 3.63) is 110 Å². The summed E-state index contributed by atoms with van der Waals surface area (Å²) in [5.74, 6) is 0. The van der Waals surface area contributed by atoms with Crippen molar-refractivity contribution < 1.29 is 0 Å². The minimum Gasteiger partial charge on any atom is -0.304 e. The van der Waals surface area contributed by atoms with Gasteiger partial charge in [-0.25, -0.2) is 0 Å². The first-order valence-electron chi connectivity index (χ1n) is 9.65. The molecule has 0 amide bonds. The van der Waals surface area contributed by atoms with Crippen molar-refractivity contribution in [2.45, 2.75) is 0 Å². The van der Waals surface area contributed by atoms with Crippen LogP contribution >= 0.6 is 55.1 Å². The fourth-order valence-corrected chi connectivity index (χ4v) is 5.56. The van der Waals surface area contributed by atoms with Gasteiger partial charge in [-0.3, -0.25) is 0 Å². The summed E-state index contributed by atoms with van der Waals surface area (Å²) in [6.45, 7) is 0. The largest absolute Gasteiger partial charge is 0.304 e. The average Bonchev–Trinajstić information content (AvgIpc) is 2.77. The second-order valence-electron chi connectivity index (χ2n) is 7.14. The summed E-state index contributed by atoms with van der Waals surface area (Å²) in [4.78, 5) is 2.16. The van der Waals surface area contributed by atoms with Gasteiger partial charge in [0.05, 0.1) is 27.1 Å². The molecular formula is C26H15Br2Cl2N. The number of fused-ring (bicyclic) bond motifs is 2. The summed E-state index contributed by atoms with van der Waals surface area (Å²) in [7, 11) is 0. The molecule has 152 valence electrons. The molecule has 0 aliphatic rings. The lowest BCUT2D eigenvalue weighted by Gasteiger charge is -2.31. The molecule has 0 heterocycles. The van der Waals surface area contributed by atoms with Gasteiger partial charge >= 0.3 is 0 Å². The molecule has 0 aromatic heterocycles. The van der Waals surface area contributed by atoms with Gasteiger partial charge in [0.25, 0.3) is 0 Å². The molecule has 5 aromatic carbocycles. The molecule has 5 aromatic rings. The molecule has 5 rings (SSSR count). The number of benzene rings is 5. The zero-order chi connectivity index (χ0) is 21.5. The quantitative estimate of drug-likeness (QED) is 0.208. The molecule has 0 unspecified atom stereocenters. The topological polar surface area (TPSA) is 3.24 Å². The van der Waals surface area contributed by atoms with Crippen molar-refractivity contribution in [3.8, 4) is 0 Å². The third-order valence-corrected chi connectivity index (χ3v) is 7.20. The normalized spacial score (nSPS) is 11.2. The van der Waals surface area contributed by atoms with E-state index in [2.05, 4.69) is 85.3 Å². The van der Waals surface area contributed by atoms with Crippen LogP contribution in [0, 0.1) is 0 Å². The van der Waals surface area contributed by atoms with Gasteiger partial charge in [-0.1, -0.05) is 89.9 Å². The molecule has 5 heteroatoms. The molecule has 0 spiro atoms. The van der Waals surface area contributed by atoms with Crippen LogP contribution in [0.2, 0.25) is 10.0 Å². The number of rotatable bonds is 3. The Morgan fingerprint density at radius 1 is 0.484 bits per heavy atom. The first-order chi connectivity index (χ1) is 15.1. The highest BCUT2D eigenvalue weighted by atomic mass is 79.9. The van der Waals surface area contributed by atoms with Crippen LogP contribution in [0.15, 0.2) is 99.9 Å². The second-order valence-corrected chi connectivity index (χ2v) is 9.66. The van der Waals surface area contributed by atoms with E-state index in [1.807, 2.05) is 42.5 Å². The molecule has 0 atom stereocenters. The predicted molar refractivity (Wildman–Crippen MR) is 142 cm³/mol. The zero-order valence-corrected chi connectivity index (χ0v) is 20.8. The van der Waals surface area contributed by atoms with Crippen LogP contribution in [0.1, 0.15) is 0 Å². The summed E-state index contributed by atoms with van der Waals surface area (Å²) >= 11 is 21.2. The van der Waals surface area contributed by atoms with E-state index in [1.165, 1.54) is 0 Å². The summed E-state index contributed by atoms with van der Waals surface area (Å²) in [6, 6.07) is 30.6. The lowest BCUT2D eigenvalue weighted by molar-refractivity contribution is 1.29. The van der Waals surface area contributed by atoms with E-state index in [0.29, 0.717) is 10.0 Å². The highest BCUT2D eigenvalue weighted by Gasteiger charge is 2.25. The van der Waals surface area contributed by atoms with Crippen LogP contribution in [0.4, 0.5) is 17.1 Å². The Bertz CT molecular complexity index is 1340. The summed E-state index contributed by atoms with van der Waals surface area (Å²) in [6.07, 6.45) is 0. The Morgan fingerprint density at radius 2 is 0.935 bits per heavy atom. The van der Waals surface area contributed by atoms with Crippen LogP contribution < -0.4 is 4.90 Å². The molecule has 31 heavy (non-hydrogen) atoms. The van der Waals surface area contributed by atoms with Crippen LogP contribution in [0.3, 0.4) is 0 Å². The number of para-hydroxylation sites is 1. The molecule has 0 saturated heterocycles. The van der Waals surface area contributed by atoms with E-state index < -0.39 is 0 Å². The predicted octanol–water partition coefficient (Wildman–Crippen LogP) is 10.3. The number of halogens is 4. The number of hydrogen-bond acceptors (Lipinski definition) is 1. The van der Waals surface area contributed by atoms with E-state index in [9.17, 15) is 0 Å². The average molecular weight is 572 g/mol. The van der Waals surface area contributed by atoms with Gasteiger partial charge in [0.15, 0.2) is 0 Å². The summed E-state index contributed by atoms with van der Waals surface area (Å²) in [5, 5.41) is 5.59. The minimum absolute atomic E-state index is 0.576. The molecule has 1 nitrogen and oxygen atoms in total. The minimum atomic E-state index is 0.576. The van der Waals surface area contributed by atoms with Gasteiger partial charge in [0.2, 0.25) is 0 Å². The van der Waals surface area contributed by atoms with Gasteiger partial charge in [0.1, 0.15) is 0 Å². The Morgan fingerprint density at radius 3 is 1.42 bits per heavy atom. The molecule has 0 bridgehead atoms. The first kappa shape index (κ1) is 20.8. The summed E-state index contributed by atoms with van der Waals surface area (Å²) < 4.78 is 1.89. The smallest absolute Gasteiger partial charge is 0.0836 e. The van der Waals surface area contributed by atoms with E-state index in [-0.39, 0.29) is 0 Å². The summed E-state index contributed by atoms with van der Waals surface area (Å²) in [5.41, 5.74) is 2.69. The molecular weight excluding hydrogens is 557 g/mol. The Labute approximate surface area is 207 Å². The third kappa shape index (κ3) is 3.64. The zero-order valence-electron chi connectivity index (χ0n) is 16.1. The SMILES string of the molecule is Clc1cccc(Cl)c1N(c1c(Br)ccc2ccccc12)c1c(Br)ccc2ccccc12. The monoisotopic (exact) mass is 569 g/mol. The Balaban J connectivity index is 1.98. The van der Waals surface area contributed by atoms with Crippen molar-refractivity contribution in [1.29, 1.82) is 0 Å². The molecule has 0 aliphatic heterocycles. The van der Waals surface area contributed by atoms with E-state index >= 15 is 0 Å². The lowest BCUT2D eigenvalue weighted by Crippen LogP contribution is -2.13. The third-order valence-electron chi connectivity index (χ3n) is 5.31. The fraction of sp³-hybridized carbons (Fsp3) is 0. The van der Waals surface area contributed by atoms with E-state index in [4.69, 9.17) is 23.2 Å². The maximum atomic E-state index is 6.77. The highest BCUT2D eigenvalue weighted by molar-refractivity contribution is 9.11. The molecule has 0 aliphatic carbocycles. The van der Waals surface area contributed by atoms with Crippen molar-refractivity contribution >= 4 is 93.7 Å². The van der Waals surface area contributed by atoms with Gasteiger partial charge < -0.3 is 4.90 Å². The molecule has 0 fully saturated rings. The molecule has 0 radical (unpaired) electrons. The maximum absolute atomic E-state index is 6.77. The highest BCUT2D eigenvalue weighted by Crippen LogP contribution is 2.51. The van der Waals surface area contributed by atoms with Crippen molar-refractivity contribution in [2.75, 3.05) is 4.90 Å². The second kappa shape index (κ2) is 8.48. The van der Waals surface area contributed by atoms with Crippen LogP contribution in [-0.2, 0) is 0 Å². The standard InChI is InChI=1S/C26H15Br2Cl2N/c27-20-14-12-16-6-1-3-8-18(16)24(20)31(26-22(29)10-5-11-23(26)30)25-19-9-4-2-7-17(19)13-15-21(25)28/h1-15H. The molecule has 0 N–H and O–H groups in total. The molecule has 0 saturated carbocycles. The Kier molecular flexibility index (Phi) is 5.70. The van der Waals surface area contributed by atoms with Crippen molar-refractivity contribution in [3.63, 3.8) is 0 Å². The van der Waals surface area contributed by atoms with Gasteiger partial charge in [-0.15, -0.1) is 0 Å². The van der Waals surface area contributed by atoms with E-state index in [0.717, 1.165) is 47.6 Å². The van der Waals surface area contributed by atoms with Gasteiger partial charge in [-0.05, 0) is 66.9 Å². The van der Waals surface area contributed by atoms with Crippen LogP contribution in [0.25, 0.3) is 21.5 Å². The van der Waals surface area contributed by atoms with Crippen LogP contribution in [-0.4, -0.2) is 0 Å². The number of anilines is 3. The van der Waals surface area contributed by atoms with Crippen molar-refractivity contribution in [1.82, 2.24) is 0 Å². The van der Waals surface area contributed by atoms with E-state index in [1.54, 1.807) is 0 Å². The van der Waals surface area contributed by atoms with Crippen LogP contribution in [0.5, 0.6) is 0 Å². The Hall–Kier alpha value is -2.04. The first-order valence-corrected chi connectivity index (χ1v) is 12.0.